The van der Waals surface area contributed by atoms with Crippen molar-refractivity contribution in [2.75, 3.05) is 0 Å². The minimum Gasteiger partial charge on any atom is -0.508 e. The van der Waals surface area contributed by atoms with E-state index < -0.39 is 13.0 Å². The fourth-order valence-corrected chi connectivity index (χ4v) is 7.88. The summed E-state index contributed by atoms with van der Waals surface area (Å²) in [6.07, 6.45) is 10.0. The lowest BCUT2D eigenvalue weighted by molar-refractivity contribution is -0.143. The Morgan fingerprint density at radius 1 is 1.02 bits per heavy atom. The lowest BCUT2D eigenvalue weighted by atomic mass is 9.58. The molecule has 2 aromatic rings. The number of carbonyl (C=O) groups is 2. The summed E-state index contributed by atoms with van der Waals surface area (Å²) in [5.41, 5.74) is 5.49. The molecule has 2 aromatic carbocycles. The molecule has 2 amide bonds. The van der Waals surface area contributed by atoms with Crippen molar-refractivity contribution in [1.29, 1.82) is 0 Å². The molecule has 2 aliphatic carbocycles. The number of hydrogen-bond donors (Lipinski definition) is 2. The quantitative estimate of drug-likeness (QED) is 0.183. The zero-order chi connectivity index (χ0) is 28.5. The van der Waals surface area contributed by atoms with E-state index in [0.717, 1.165) is 54.4 Å². The number of rotatable bonds is 7. The average Bonchev–Trinajstić information content (AvgIpc) is 3.24. The maximum Gasteiger partial charge on any atom is 0.455 e. The Labute approximate surface area is 243 Å². The molecule has 0 radical (unpaired) electrons. The van der Waals surface area contributed by atoms with Gasteiger partial charge in [-0.2, -0.15) is 0 Å². The number of likely N-dealkylation sites (tertiary alicyclic amines) is 1. The second kappa shape index (κ2) is 12.0. The van der Waals surface area contributed by atoms with Crippen LogP contribution < -0.4 is 0 Å². The number of amides is 2. The Bertz CT molecular complexity index is 1350. The maximum absolute atomic E-state index is 13.9. The van der Waals surface area contributed by atoms with Crippen LogP contribution in [0, 0.1) is 17.8 Å². The van der Waals surface area contributed by atoms with Crippen molar-refractivity contribution >= 4 is 30.6 Å². The molecule has 0 spiro atoms. The normalized spacial score (nSPS) is 27.3. The second-order valence-corrected chi connectivity index (χ2v) is 12.2. The molecule has 6 rings (SSSR count). The van der Waals surface area contributed by atoms with E-state index in [0.29, 0.717) is 25.6 Å². The highest BCUT2D eigenvalue weighted by molar-refractivity contribution is 6.43. The minimum absolute atomic E-state index is 0.00911. The van der Waals surface area contributed by atoms with Crippen molar-refractivity contribution in [1.82, 2.24) is 4.90 Å². The van der Waals surface area contributed by atoms with E-state index in [-0.39, 0.29) is 41.5 Å². The minimum atomic E-state index is -0.965. The average molecular weight is 554 g/mol. The van der Waals surface area contributed by atoms with E-state index in [9.17, 15) is 19.7 Å². The number of fused-ring (bicyclic) bond motifs is 3. The van der Waals surface area contributed by atoms with Gasteiger partial charge in [-0.1, -0.05) is 80.3 Å². The van der Waals surface area contributed by atoms with Gasteiger partial charge >= 0.3 is 7.12 Å². The van der Waals surface area contributed by atoms with Gasteiger partial charge in [-0.25, -0.2) is 0 Å². The Hall–Kier alpha value is -3.16. The summed E-state index contributed by atoms with van der Waals surface area (Å²) in [5.74, 6) is -0.671. The lowest BCUT2D eigenvalue weighted by Gasteiger charge is -2.43. The maximum atomic E-state index is 13.9. The number of imide groups is 1. The summed E-state index contributed by atoms with van der Waals surface area (Å²) in [7, 11) is -0.965. The number of phenols is 1. The van der Waals surface area contributed by atoms with Crippen LogP contribution in [-0.4, -0.2) is 46.1 Å². The van der Waals surface area contributed by atoms with Gasteiger partial charge in [0.1, 0.15) is 5.75 Å². The summed E-state index contributed by atoms with van der Waals surface area (Å²) >= 11 is 0. The van der Waals surface area contributed by atoms with E-state index in [1.807, 2.05) is 30.3 Å². The SMILES string of the molecule is CCC1=C2[C@@H](CC/C(=C/c3cccc(O)c3)c3ccccc3)OB(O)C[C@@H]2[C@@H]2C(=O)N(C3CCCCC3)C(=O)[C@@H]2C1. The summed E-state index contributed by atoms with van der Waals surface area (Å²) in [6, 6.07) is 17.4. The number of phenolic OH excluding ortho intramolecular Hbond substituents is 1. The first-order valence-corrected chi connectivity index (χ1v) is 15.4. The molecular weight excluding hydrogens is 513 g/mol. The molecule has 0 bridgehead atoms. The van der Waals surface area contributed by atoms with Crippen molar-refractivity contribution in [3.05, 3.63) is 76.9 Å². The Balaban J connectivity index is 1.29. The number of benzene rings is 2. The third-order valence-electron chi connectivity index (χ3n) is 9.74. The smallest absolute Gasteiger partial charge is 0.455 e. The Morgan fingerprint density at radius 3 is 2.54 bits per heavy atom. The summed E-state index contributed by atoms with van der Waals surface area (Å²) in [6.45, 7) is 2.12. The van der Waals surface area contributed by atoms with E-state index in [1.54, 1.807) is 17.0 Å². The molecule has 7 heteroatoms. The Kier molecular flexibility index (Phi) is 8.18. The highest BCUT2D eigenvalue weighted by Crippen LogP contribution is 2.52. The molecule has 0 unspecified atom stereocenters. The van der Waals surface area contributed by atoms with Crippen molar-refractivity contribution in [3.63, 3.8) is 0 Å². The highest BCUT2D eigenvalue weighted by atomic mass is 16.5. The van der Waals surface area contributed by atoms with E-state index >= 15 is 0 Å². The molecule has 41 heavy (non-hydrogen) atoms. The topological polar surface area (TPSA) is 87.1 Å². The fraction of sp³-hybridized carbons (Fsp3) is 0.471. The van der Waals surface area contributed by atoms with Crippen LogP contribution in [-0.2, 0) is 14.2 Å². The molecule has 2 aliphatic heterocycles. The van der Waals surface area contributed by atoms with E-state index in [2.05, 4.69) is 25.1 Å². The molecular formula is C34H40BNO5. The fourth-order valence-electron chi connectivity index (χ4n) is 7.88. The third kappa shape index (κ3) is 5.54. The summed E-state index contributed by atoms with van der Waals surface area (Å²) < 4.78 is 6.22. The van der Waals surface area contributed by atoms with Crippen molar-refractivity contribution in [2.45, 2.75) is 83.2 Å². The first-order valence-electron chi connectivity index (χ1n) is 15.4. The molecule has 214 valence electrons. The molecule has 2 N–H and O–H groups in total. The van der Waals surface area contributed by atoms with Gasteiger partial charge in [-0.3, -0.25) is 14.5 Å². The van der Waals surface area contributed by atoms with Gasteiger partial charge in [-0.15, -0.1) is 0 Å². The molecule has 2 heterocycles. The molecule has 3 fully saturated rings. The molecule has 0 aromatic heterocycles. The number of nitrogens with zero attached hydrogens (tertiary/aromatic N) is 1. The summed E-state index contributed by atoms with van der Waals surface area (Å²) in [4.78, 5) is 29.2. The van der Waals surface area contributed by atoms with E-state index in [4.69, 9.17) is 4.65 Å². The highest BCUT2D eigenvalue weighted by Gasteiger charge is 2.58. The second-order valence-electron chi connectivity index (χ2n) is 12.2. The molecule has 4 aliphatic rings. The van der Waals surface area contributed by atoms with Crippen LogP contribution in [0.2, 0.25) is 6.32 Å². The van der Waals surface area contributed by atoms with Crippen LogP contribution in [0.25, 0.3) is 11.6 Å². The van der Waals surface area contributed by atoms with Gasteiger partial charge in [0.05, 0.1) is 17.9 Å². The van der Waals surface area contributed by atoms with Crippen LogP contribution in [0.4, 0.5) is 0 Å². The third-order valence-corrected chi connectivity index (χ3v) is 9.74. The molecule has 6 nitrogen and oxygen atoms in total. The number of aromatic hydroxyl groups is 1. The van der Waals surface area contributed by atoms with Crippen LogP contribution in [0.1, 0.15) is 75.8 Å². The first-order chi connectivity index (χ1) is 19.9. The monoisotopic (exact) mass is 553 g/mol. The van der Waals surface area contributed by atoms with Crippen LogP contribution in [0.3, 0.4) is 0 Å². The van der Waals surface area contributed by atoms with Crippen LogP contribution >= 0.6 is 0 Å². The van der Waals surface area contributed by atoms with Crippen molar-refractivity contribution < 1.29 is 24.4 Å². The van der Waals surface area contributed by atoms with E-state index in [1.165, 1.54) is 12.0 Å². The standard InChI is InChI=1S/C34H40BNO5/c1-2-23-20-28-32(34(39)36(33(28)38)26-13-7-4-8-14-26)29-21-35(40)41-30(31(23)29)17-16-25(24-11-5-3-6-12-24)18-22-10-9-15-27(37)19-22/h3,5-6,9-12,15,18-19,26,28-30,32,37,40H,2,4,7-8,13-14,16-17,20-21H2,1H3/b25-18-/t28-,29+,30-,32-/m1/s1. The number of allylic oxidation sites excluding steroid dienone is 2. The van der Waals surface area contributed by atoms with Crippen molar-refractivity contribution in [2.24, 2.45) is 17.8 Å². The number of hydrogen-bond acceptors (Lipinski definition) is 5. The summed E-state index contributed by atoms with van der Waals surface area (Å²) in [5, 5.41) is 20.9. The predicted octanol–water partition coefficient (Wildman–Crippen LogP) is 6.25. The van der Waals surface area contributed by atoms with Crippen molar-refractivity contribution in [3.8, 4) is 5.75 Å². The zero-order valence-corrected chi connectivity index (χ0v) is 23.9. The lowest BCUT2D eigenvalue weighted by Crippen LogP contribution is -2.46. The van der Waals surface area contributed by atoms with Crippen LogP contribution in [0.5, 0.6) is 5.75 Å². The molecule has 2 saturated heterocycles. The predicted molar refractivity (Wildman–Crippen MR) is 160 cm³/mol. The van der Waals surface area contributed by atoms with Gasteiger partial charge in [0.2, 0.25) is 11.8 Å². The zero-order valence-electron chi connectivity index (χ0n) is 23.9. The van der Waals surface area contributed by atoms with Gasteiger partial charge in [0, 0.05) is 6.04 Å². The number of carbonyl (C=O) groups excluding carboxylic acids is 2. The van der Waals surface area contributed by atoms with Crippen LogP contribution in [0.15, 0.2) is 65.7 Å². The van der Waals surface area contributed by atoms with Gasteiger partial charge < -0.3 is 14.8 Å². The van der Waals surface area contributed by atoms with Gasteiger partial charge in [-0.05, 0) is 85.2 Å². The largest absolute Gasteiger partial charge is 0.508 e. The van der Waals surface area contributed by atoms with Gasteiger partial charge in [0.25, 0.3) is 0 Å². The molecule has 1 saturated carbocycles. The molecule has 4 atom stereocenters. The van der Waals surface area contributed by atoms with Gasteiger partial charge in [0.15, 0.2) is 0 Å². The Morgan fingerprint density at radius 2 is 1.80 bits per heavy atom. The first kappa shape index (κ1) is 28.0.